The second-order valence-electron chi connectivity index (χ2n) is 4.43. The van der Waals surface area contributed by atoms with Crippen molar-refractivity contribution in [2.24, 2.45) is 0 Å². The lowest BCUT2D eigenvalue weighted by Gasteiger charge is -2.11. The van der Waals surface area contributed by atoms with E-state index in [0.29, 0.717) is 17.1 Å². The molecule has 0 spiro atoms. The molecule has 1 aromatic carbocycles. The maximum Gasteiger partial charge on any atom is 0.244 e. The van der Waals surface area contributed by atoms with Gasteiger partial charge < -0.3 is 14.6 Å². The molecule has 20 heavy (non-hydrogen) atoms. The average molecular weight is 272 g/mol. The van der Waals surface area contributed by atoms with E-state index in [4.69, 9.17) is 4.74 Å². The zero-order valence-corrected chi connectivity index (χ0v) is 11.4. The van der Waals surface area contributed by atoms with Gasteiger partial charge in [0.25, 0.3) is 0 Å². The standard InChI is InChI=1S/C15H16N2O3/c1-11-5-6-14(20-2)13(8-11)16-15(19)9-17-7-3-4-12(17)10-18/h3-8,10H,9H2,1-2H3,(H,16,19). The van der Waals surface area contributed by atoms with Crippen LogP contribution in [-0.2, 0) is 11.3 Å². The van der Waals surface area contributed by atoms with Gasteiger partial charge in [-0.3, -0.25) is 9.59 Å². The number of amides is 1. The molecule has 0 bridgehead atoms. The van der Waals surface area contributed by atoms with E-state index < -0.39 is 0 Å². The monoisotopic (exact) mass is 272 g/mol. The Morgan fingerprint density at radius 2 is 2.20 bits per heavy atom. The van der Waals surface area contributed by atoms with Gasteiger partial charge in [0, 0.05) is 6.20 Å². The number of carbonyl (C=O) groups excluding carboxylic acids is 2. The third-order valence-electron chi connectivity index (χ3n) is 2.93. The number of ether oxygens (including phenoxy) is 1. The van der Waals surface area contributed by atoms with Crippen molar-refractivity contribution in [3.8, 4) is 5.75 Å². The number of methoxy groups -OCH3 is 1. The number of hydrogen-bond acceptors (Lipinski definition) is 3. The smallest absolute Gasteiger partial charge is 0.244 e. The van der Waals surface area contributed by atoms with Gasteiger partial charge in [0.2, 0.25) is 5.91 Å². The second kappa shape index (κ2) is 6.06. The fourth-order valence-electron chi connectivity index (χ4n) is 1.94. The second-order valence-corrected chi connectivity index (χ2v) is 4.43. The molecule has 0 radical (unpaired) electrons. The van der Waals surface area contributed by atoms with Crippen LogP contribution in [0.5, 0.6) is 5.75 Å². The molecule has 1 heterocycles. The lowest BCUT2D eigenvalue weighted by Crippen LogP contribution is -2.19. The van der Waals surface area contributed by atoms with E-state index in [9.17, 15) is 9.59 Å². The van der Waals surface area contributed by atoms with Crippen molar-refractivity contribution >= 4 is 17.9 Å². The van der Waals surface area contributed by atoms with Gasteiger partial charge >= 0.3 is 0 Å². The van der Waals surface area contributed by atoms with E-state index in [0.717, 1.165) is 11.8 Å². The van der Waals surface area contributed by atoms with Crippen molar-refractivity contribution in [2.75, 3.05) is 12.4 Å². The van der Waals surface area contributed by atoms with Crippen LogP contribution in [0.4, 0.5) is 5.69 Å². The predicted octanol–water partition coefficient (Wildman–Crippen LogP) is 2.26. The average Bonchev–Trinajstić information content (AvgIpc) is 2.86. The third kappa shape index (κ3) is 3.06. The van der Waals surface area contributed by atoms with Crippen LogP contribution < -0.4 is 10.1 Å². The summed E-state index contributed by atoms with van der Waals surface area (Å²) in [4.78, 5) is 22.8. The molecule has 0 aliphatic heterocycles. The van der Waals surface area contributed by atoms with Crippen LogP contribution in [0.3, 0.4) is 0 Å². The molecule has 0 saturated heterocycles. The largest absolute Gasteiger partial charge is 0.495 e. The molecule has 1 N–H and O–H groups in total. The van der Waals surface area contributed by atoms with Crippen molar-refractivity contribution in [1.82, 2.24) is 4.57 Å². The van der Waals surface area contributed by atoms with Crippen LogP contribution in [-0.4, -0.2) is 23.9 Å². The van der Waals surface area contributed by atoms with E-state index in [1.165, 1.54) is 0 Å². The molecule has 104 valence electrons. The summed E-state index contributed by atoms with van der Waals surface area (Å²) < 4.78 is 6.79. The van der Waals surface area contributed by atoms with Crippen LogP contribution in [0.15, 0.2) is 36.5 Å². The maximum absolute atomic E-state index is 12.0. The summed E-state index contributed by atoms with van der Waals surface area (Å²) in [6.07, 6.45) is 2.41. The van der Waals surface area contributed by atoms with Gasteiger partial charge in [-0.25, -0.2) is 0 Å². The van der Waals surface area contributed by atoms with Crippen molar-refractivity contribution < 1.29 is 14.3 Å². The number of rotatable bonds is 5. The lowest BCUT2D eigenvalue weighted by atomic mass is 10.2. The van der Waals surface area contributed by atoms with E-state index in [1.807, 2.05) is 19.1 Å². The Balaban J connectivity index is 2.12. The minimum Gasteiger partial charge on any atom is -0.495 e. The minimum atomic E-state index is -0.215. The molecule has 0 aliphatic rings. The molecule has 5 nitrogen and oxygen atoms in total. The maximum atomic E-state index is 12.0. The molecule has 0 saturated carbocycles. The molecule has 0 atom stereocenters. The fourth-order valence-corrected chi connectivity index (χ4v) is 1.94. The minimum absolute atomic E-state index is 0.0815. The van der Waals surface area contributed by atoms with Crippen molar-refractivity contribution in [2.45, 2.75) is 13.5 Å². The Kier molecular flexibility index (Phi) is 4.20. The molecule has 1 amide bonds. The van der Waals surface area contributed by atoms with Crippen LogP contribution >= 0.6 is 0 Å². The van der Waals surface area contributed by atoms with Crippen molar-refractivity contribution in [3.05, 3.63) is 47.8 Å². The van der Waals surface area contributed by atoms with Gasteiger partial charge in [0.1, 0.15) is 12.3 Å². The first-order valence-corrected chi connectivity index (χ1v) is 6.19. The Hall–Kier alpha value is -2.56. The summed E-state index contributed by atoms with van der Waals surface area (Å²) in [5.41, 5.74) is 2.12. The summed E-state index contributed by atoms with van der Waals surface area (Å²) in [5, 5.41) is 2.79. The number of aromatic nitrogens is 1. The van der Waals surface area contributed by atoms with Crippen LogP contribution in [0.2, 0.25) is 0 Å². The number of aryl methyl sites for hydroxylation is 1. The summed E-state index contributed by atoms with van der Waals surface area (Å²) in [7, 11) is 1.55. The summed E-state index contributed by atoms with van der Waals surface area (Å²) >= 11 is 0. The van der Waals surface area contributed by atoms with Crippen LogP contribution in [0, 0.1) is 6.92 Å². The highest BCUT2D eigenvalue weighted by molar-refractivity contribution is 5.92. The topological polar surface area (TPSA) is 60.3 Å². The van der Waals surface area contributed by atoms with Crippen LogP contribution in [0.1, 0.15) is 16.1 Å². The van der Waals surface area contributed by atoms with Crippen molar-refractivity contribution in [1.29, 1.82) is 0 Å². The first-order chi connectivity index (χ1) is 9.63. The van der Waals surface area contributed by atoms with Gasteiger partial charge in [0.05, 0.1) is 18.5 Å². The third-order valence-corrected chi connectivity index (χ3v) is 2.93. The molecule has 1 aromatic heterocycles. The Labute approximate surface area is 117 Å². The normalized spacial score (nSPS) is 10.1. The van der Waals surface area contributed by atoms with E-state index in [-0.39, 0.29) is 12.5 Å². The van der Waals surface area contributed by atoms with E-state index in [2.05, 4.69) is 5.32 Å². The summed E-state index contributed by atoms with van der Waals surface area (Å²) in [5.74, 6) is 0.389. The van der Waals surface area contributed by atoms with E-state index in [1.54, 1.807) is 36.1 Å². The SMILES string of the molecule is COc1ccc(C)cc1NC(=O)Cn1cccc1C=O. The number of nitrogens with zero attached hydrogens (tertiary/aromatic N) is 1. The quantitative estimate of drug-likeness (QED) is 0.849. The first-order valence-electron chi connectivity index (χ1n) is 6.19. The van der Waals surface area contributed by atoms with Crippen LogP contribution in [0.25, 0.3) is 0 Å². The Morgan fingerprint density at radius 1 is 1.40 bits per heavy atom. The van der Waals surface area contributed by atoms with Crippen molar-refractivity contribution in [3.63, 3.8) is 0 Å². The number of hydrogen-bond donors (Lipinski definition) is 1. The molecule has 0 fully saturated rings. The Bertz CT molecular complexity index is 632. The van der Waals surface area contributed by atoms with Gasteiger partial charge in [-0.1, -0.05) is 6.07 Å². The molecular weight excluding hydrogens is 256 g/mol. The summed E-state index contributed by atoms with van der Waals surface area (Å²) in [6.45, 7) is 2.02. The lowest BCUT2D eigenvalue weighted by molar-refractivity contribution is -0.116. The zero-order valence-electron chi connectivity index (χ0n) is 11.4. The van der Waals surface area contributed by atoms with Gasteiger partial charge in [-0.2, -0.15) is 0 Å². The first kappa shape index (κ1) is 13.9. The summed E-state index contributed by atoms with van der Waals surface area (Å²) in [6, 6.07) is 8.94. The highest BCUT2D eigenvalue weighted by Gasteiger charge is 2.09. The number of carbonyl (C=O) groups is 2. The molecule has 2 rings (SSSR count). The highest BCUT2D eigenvalue weighted by Crippen LogP contribution is 2.25. The molecule has 2 aromatic rings. The zero-order chi connectivity index (χ0) is 14.5. The molecule has 0 unspecified atom stereocenters. The number of aldehydes is 1. The van der Waals surface area contributed by atoms with E-state index >= 15 is 0 Å². The Morgan fingerprint density at radius 3 is 2.90 bits per heavy atom. The number of anilines is 1. The molecule has 5 heteroatoms. The fraction of sp³-hybridized carbons (Fsp3) is 0.200. The van der Waals surface area contributed by atoms with Gasteiger partial charge in [0.15, 0.2) is 6.29 Å². The predicted molar refractivity (Wildman–Crippen MR) is 76.2 cm³/mol. The number of benzene rings is 1. The van der Waals surface area contributed by atoms with Gasteiger partial charge in [-0.05, 0) is 36.8 Å². The molecule has 0 aliphatic carbocycles. The number of nitrogens with one attached hydrogen (secondary N) is 1. The molecular formula is C15H16N2O3. The van der Waals surface area contributed by atoms with Gasteiger partial charge in [-0.15, -0.1) is 0 Å². The highest BCUT2D eigenvalue weighted by atomic mass is 16.5.